The molecule has 0 unspecified atom stereocenters. The number of rotatable bonds is 4. The molecule has 1 saturated heterocycles. The van der Waals surface area contributed by atoms with Crippen molar-refractivity contribution in [3.8, 4) is 11.3 Å². The van der Waals surface area contributed by atoms with Crippen LogP contribution in [0.1, 0.15) is 50.9 Å². The number of H-pyrrole nitrogens is 1. The first-order valence-electron chi connectivity index (χ1n) is 12.1. The first kappa shape index (κ1) is 24.1. The van der Waals surface area contributed by atoms with E-state index in [1.807, 2.05) is 35.4 Å². The third-order valence-electron chi connectivity index (χ3n) is 6.98. The van der Waals surface area contributed by atoms with Crippen molar-refractivity contribution in [2.45, 2.75) is 57.7 Å². The molecule has 186 valence electrons. The van der Waals surface area contributed by atoms with Gasteiger partial charge in [0.05, 0.1) is 16.9 Å². The zero-order valence-corrected chi connectivity index (χ0v) is 21.7. The summed E-state index contributed by atoms with van der Waals surface area (Å²) >= 11 is 6.52. The summed E-state index contributed by atoms with van der Waals surface area (Å²) in [6, 6.07) is 15.3. The molecule has 4 aromatic rings. The molecular weight excluding hydrogens is 472 g/mol. The van der Waals surface area contributed by atoms with Gasteiger partial charge in [0.2, 0.25) is 5.95 Å². The fourth-order valence-electron chi connectivity index (χ4n) is 5.76. The van der Waals surface area contributed by atoms with Gasteiger partial charge >= 0.3 is 0 Å². The Morgan fingerprint density at radius 2 is 1.75 bits per heavy atom. The minimum atomic E-state index is -0.399. The summed E-state index contributed by atoms with van der Waals surface area (Å²) in [7, 11) is 0. The molecule has 36 heavy (non-hydrogen) atoms. The molecule has 3 heterocycles. The van der Waals surface area contributed by atoms with Gasteiger partial charge < -0.3 is 20.9 Å². The second-order valence-corrected chi connectivity index (χ2v) is 11.2. The second kappa shape index (κ2) is 8.82. The van der Waals surface area contributed by atoms with E-state index in [0.717, 1.165) is 29.3 Å². The highest BCUT2D eigenvalue weighted by atomic mass is 35.5. The summed E-state index contributed by atoms with van der Waals surface area (Å²) in [5, 5.41) is 5.08. The van der Waals surface area contributed by atoms with Gasteiger partial charge in [-0.2, -0.15) is 0 Å². The van der Waals surface area contributed by atoms with Gasteiger partial charge in [-0.05, 0) is 70.9 Å². The van der Waals surface area contributed by atoms with Crippen molar-refractivity contribution in [3.63, 3.8) is 0 Å². The Kier molecular flexibility index (Phi) is 5.91. The summed E-state index contributed by atoms with van der Waals surface area (Å²) in [5.41, 5.74) is 8.95. The molecule has 0 radical (unpaired) electrons. The minimum Gasteiger partial charge on any atom is -0.399 e. The number of aromatic nitrogens is 3. The lowest BCUT2D eigenvalue weighted by atomic mass is 9.76. The van der Waals surface area contributed by atoms with Crippen LogP contribution in [-0.4, -0.2) is 42.9 Å². The SMILES string of the molecule is CC1(C)CC(Nc2ncc(Cl)c(-c3c[nH]c4ccccc34)n2)CC(C)(C)N1C(=O)c1ccc(N)cc1. The first-order valence-corrected chi connectivity index (χ1v) is 12.5. The summed E-state index contributed by atoms with van der Waals surface area (Å²) in [6.07, 6.45) is 5.05. The molecule has 0 atom stereocenters. The summed E-state index contributed by atoms with van der Waals surface area (Å²) in [6.45, 7) is 8.44. The number of carbonyl (C=O) groups is 1. The van der Waals surface area contributed by atoms with Gasteiger partial charge in [0.25, 0.3) is 5.91 Å². The third kappa shape index (κ3) is 4.39. The van der Waals surface area contributed by atoms with Crippen LogP contribution in [0, 0.1) is 0 Å². The maximum absolute atomic E-state index is 13.6. The topological polar surface area (TPSA) is 99.9 Å². The number of nitrogens with one attached hydrogen (secondary N) is 2. The number of fused-ring (bicyclic) bond motifs is 1. The average molecular weight is 503 g/mol. The number of nitrogens with two attached hydrogens (primary N) is 1. The molecule has 8 heteroatoms. The zero-order valence-electron chi connectivity index (χ0n) is 21.0. The van der Waals surface area contributed by atoms with Gasteiger partial charge in [-0.15, -0.1) is 0 Å². The molecule has 7 nitrogen and oxygen atoms in total. The number of amides is 1. The second-order valence-electron chi connectivity index (χ2n) is 10.8. The number of halogens is 1. The van der Waals surface area contributed by atoms with Crippen LogP contribution in [0.3, 0.4) is 0 Å². The Morgan fingerprint density at radius 3 is 2.44 bits per heavy atom. The maximum Gasteiger partial charge on any atom is 0.254 e. The number of anilines is 2. The lowest BCUT2D eigenvalue weighted by Gasteiger charge is -2.55. The summed E-state index contributed by atoms with van der Waals surface area (Å²) in [5.74, 6) is 0.530. The predicted octanol–water partition coefficient (Wildman–Crippen LogP) is 6.13. The van der Waals surface area contributed by atoms with Gasteiger partial charge in [0.1, 0.15) is 0 Å². The van der Waals surface area contributed by atoms with E-state index >= 15 is 0 Å². The summed E-state index contributed by atoms with van der Waals surface area (Å²) < 4.78 is 0. The molecule has 2 aromatic heterocycles. The maximum atomic E-state index is 13.6. The van der Waals surface area contributed by atoms with E-state index in [1.54, 1.807) is 30.5 Å². The molecule has 2 aromatic carbocycles. The Morgan fingerprint density at radius 1 is 1.08 bits per heavy atom. The van der Waals surface area contributed by atoms with Crippen molar-refractivity contribution in [1.29, 1.82) is 0 Å². The van der Waals surface area contributed by atoms with E-state index in [2.05, 4.69) is 43.0 Å². The quantitative estimate of drug-likeness (QED) is 0.291. The van der Waals surface area contributed by atoms with Crippen molar-refractivity contribution in [1.82, 2.24) is 19.9 Å². The molecule has 0 bridgehead atoms. The largest absolute Gasteiger partial charge is 0.399 e. The van der Waals surface area contributed by atoms with Crippen LogP contribution in [0.4, 0.5) is 11.6 Å². The number of piperidine rings is 1. The summed E-state index contributed by atoms with van der Waals surface area (Å²) in [4.78, 5) is 28.1. The Hall–Kier alpha value is -3.58. The fourth-order valence-corrected chi connectivity index (χ4v) is 5.96. The van der Waals surface area contributed by atoms with Crippen molar-refractivity contribution in [3.05, 3.63) is 71.5 Å². The number of nitrogen functional groups attached to an aromatic ring is 1. The van der Waals surface area contributed by atoms with Crippen LogP contribution in [0.15, 0.2) is 60.9 Å². The molecule has 1 amide bonds. The molecule has 0 aliphatic carbocycles. The number of hydrogen-bond donors (Lipinski definition) is 3. The van der Waals surface area contributed by atoms with Gasteiger partial charge in [0, 0.05) is 51.0 Å². The van der Waals surface area contributed by atoms with Crippen LogP contribution in [0.5, 0.6) is 0 Å². The predicted molar refractivity (Wildman–Crippen MR) is 146 cm³/mol. The number of hydrogen-bond acceptors (Lipinski definition) is 5. The Labute approximate surface area is 216 Å². The molecule has 1 aliphatic heterocycles. The lowest BCUT2D eigenvalue weighted by Crippen LogP contribution is -2.64. The highest BCUT2D eigenvalue weighted by molar-refractivity contribution is 6.33. The molecule has 1 aliphatic rings. The van der Waals surface area contributed by atoms with Gasteiger partial charge in [-0.25, -0.2) is 9.97 Å². The standard InChI is InChI=1S/C28H31ClN6O/c1-27(2)13-19(14-28(3,4)35(27)25(36)17-9-11-18(30)12-10-17)33-26-32-16-22(29)24(34-26)21-15-31-23-8-6-5-7-20(21)23/h5-12,15-16,19,31H,13-14,30H2,1-4H3,(H,32,33,34). The first-order chi connectivity index (χ1) is 17.0. The normalized spacial score (nSPS) is 17.3. The monoisotopic (exact) mass is 502 g/mol. The van der Waals surface area contributed by atoms with Crippen molar-refractivity contribution in [2.75, 3.05) is 11.1 Å². The van der Waals surface area contributed by atoms with E-state index in [0.29, 0.717) is 27.9 Å². The van der Waals surface area contributed by atoms with Crippen LogP contribution < -0.4 is 11.1 Å². The Balaban J connectivity index is 1.40. The molecule has 1 fully saturated rings. The minimum absolute atomic E-state index is 0.00724. The van der Waals surface area contributed by atoms with E-state index < -0.39 is 11.1 Å². The average Bonchev–Trinajstić information content (AvgIpc) is 3.23. The number of benzene rings is 2. The van der Waals surface area contributed by atoms with Gasteiger partial charge in [0.15, 0.2) is 0 Å². The van der Waals surface area contributed by atoms with Crippen molar-refractivity contribution >= 4 is 40.0 Å². The van der Waals surface area contributed by atoms with E-state index in [9.17, 15) is 4.79 Å². The molecule has 5 rings (SSSR count). The van der Waals surface area contributed by atoms with E-state index in [4.69, 9.17) is 22.3 Å². The Bertz CT molecular complexity index is 1410. The number of carbonyl (C=O) groups excluding carboxylic acids is 1. The van der Waals surface area contributed by atoms with E-state index in [-0.39, 0.29) is 11.9 Å². The smallest absolute Gasteiger partial charge is 0.254 e. The number of nitrogens with zero attached hydrogens (tertiary/aromatic N) is 3. The molecular formula is C28H31ClN6O. The van der Waals surface area contributed by atoms with Gasteiger partial charge in [-0.1, -0.05) is 29.8 Å². The van der Waals surface area contributed by atoms with Crippen molar-refractivity contribution < 1.29 is 4.79 Å². The fraction of sp³-hybridized carbons (Fsp3) is 0.321. The van der Waals surface area contributed by atoms with Crippen molar-refractivity contribution in [2.24, 2.45) is 0 Å². The van der Waals surface area contributed by atoms with E-state index in [1.165, 1.54) is 0 Å². The van der Waals surface area contributed by atoms with Crippen LogP contribution in [0.25, 0.3) is 22.2 Å². The number of aromatic amines is 1. The highest BCUT2D eigenvalue weighted by Gasteiger charge is 2.48. The zero-order chi connectivity index (χ0) is 25.7. The lowest BCUT2D eigenvalue weighted by molar-refractivity contribution is -0.0149. The third-order valence-corrected chi connectivity index (χ3v) is 7.26. The molecule has 0 saturated carbocycles. The molecule has 4 N–H and O–H groups in total. The van der Waals surface area contributed by atoms with Crippen LogP contribution >= 0.6 is 11.6 Å². The van der Waals surface area contributed by atoms with Gasteiger partial charge in [-0.3, -0.25) is 4.79 Å². The number of para-hydroxylation sites is 1. The number of likely N-dealkylation sites (tertiary alicyclic amines) is 1. The van der Waals surface area contributed by atoms with Crippen LogP contribution in [-0.2, 0) is 0 Å². The molecule has 0 spiro atoms. The highest BCUT2D eigenvalue weighted by Crippen LogP contribution is 2.41. The van der Waals surface area contributed by atoms with Crippen LogP contribution in [0.2, 0.25) is 5.02 Å².